The molecule has 0 fully saturated rings. The molecule has 0 unspecified atom stereocenters. The Kier molecular flexibility index (Phi) is 6.77. The van der Waals surface area contributed by atoms with Crippen LogP contribution in [0.4, 0.5) is 17.3 Å². The fourth-order valence-electron chi connectivity index (χ4n) is 3.62. The zero-order valence-corrected chi connectivity index (χ0v) is 20.7. The van der Waals surface area contributed by atoms with E-state index >= 15 is 0 Å². The number of hydrogen-bond acceptors (Lipinski definition) is 6. The molecule has 0 atom stereocenters. The summed E-state index contributed by atoms with van der Waals surface area (Å²) >= 11 is 13.1. The van der Waals surface area contributed by atoms with Crippen molar-refractivity contribution in [2.75, 3.05) is 17.7 Å². The lowest BCUT2D eigenvalue weighted by Crippen LogP contribution is -2.20. The van der Waals surface area contributed by atoms with Gasteiger partial charge in [0.05, 0.1) is 34.1 Å². The molecule has 4 rings (SSSR count). The minimum atomic E-state index is -0.348. The Labute approximate surface area is 211 Å². The minimum Gasteiger partial charge on any atom is -0.495 e. The zero-order valence-electron chi connectivity index (χ0n) is 19.1. The Bertz CT molecular complexity index is 1550. The topological polar surface area (TPSA) is 98.1 Å². The predicted molar refractivity (Wildman–Crippen MR) is 140 cm³/mol. The van der Waals surface area contributed by atoms with Gasteiger partial charge in [0.25, 0.3) is 5.56 Å². The second kappa shape index (κ2) is 9.77. The summed E-state index contributed by atoms with van der Waals surface area (Å²) in [5, 5.41) is 7.02. The van der Waals surface area contributed by atoms with E-state index in [1.807, 2.05) is 6.92 Å². The molecule has 2 heterocycles. The van der Waals surface area contributed by atoms with Crippen LogP contribution >= 0.6 is 23.2 Å². The number of para-hydroxylation sites is 2. The van der Waals surface area contributed by atoms with Gasteiger partial charge in [-0.2, -0.15) is 4.98 Å². The van der Waals surface area contributed by atoms with E-state index in [1.54, 1.807) is 49.6 Å². The molecule has 0 bridgehead atoms. The highest BCUT2D eigenvalue weighted by atomic mass is 35.5. The normalized spacial score (nSPS) is 10.8. The molecule has 2 N–H and O–H groups in total. The van der Waals surface area contributed by atoms with Crippen LogP contribution < -0.4 is 20.9 Å². The monoisotopic (exact) mass is 509 g/mol. The van der Waals surface area contributed by atoms with E-state index in [2.05, 4.69) is 27.2 Å². The zero-order chi connectivity index (χ0) is 25.3. The Balaban J connectivity index is 1.81. The third-order valence-corrected chi connectivity index (χ3v) is 6.27. The highest BCUT2D eigenvalue weighted by molar-refractivity contribution is 6.40. The number of rotatable bonds is 6. The minimum absolute atomic E-state index is 0.244. The van der Waals surface area contributed by atoms with Crippen molar-refractivity contribution in [3.63, 3.8) is 0 Å². The number of nitrogens with one attached hydrogen (secondary N) is 2. The molecule has 35 heavy (non-hydrogen) atoms. The van der Waals surface area contributed by atoms with Crippen LogP contribution in [0.25, 0.3) is 22.2 Å². The van der Waals surface area contributed by atoms with Gasteiger partial charge in [-0.05, 0) is 42.8 Å². The van der Waals surface area contributed by atoms with E-state index < -0.39 is 0 Å². The van der Waals surface area contributed by atoms with Crippen LogP contribution in [-0.4, -0.2) is 27.6 Å². The lowest BCUT2D eigenvalue weighted by atomic mass is 10.0. The molecular weight excluding hydrogens is 489 g/mol. The quantitative estimate of drug-likeness (QED) is 0.333. The maximum Gasteiger partial charge on any atom is 0.259 e. The average molecular weight is 510 g/mol. The predicted octanol–water partition coefficient (Wildman–Crippen LogP) is 5.49. The van der Waals surface area contributed by atoms with Gasteiger partial charge in [0, 0.05) is 24.2 Å². The first-order valence-electron chi connectivity index (χ1n) is 10.4. The molecule has 4 aromatic rings. The molecule has 178 valence electrons. The second-order valence-electron chi connectivity index (χ2n) is 7.66. The van der Waals surface area contributed by atoms with E-state index in [9.17, 15) is 9.59 Å². The van der Waals surface area contributed by atoms with Crippen LogP contribution in [0.2, 0.25) is 10.0 Å². The summed E-state index contributed by atoms with van der Waals surface area (Å²) in [6.07, 6.45) is 2.77. The SMILES string of the molecule is C=CC(=O)Nc1ccccc1Nc1ncc2cc(-c3c(Cl)c(C)cc(OC)c3Cl)c(=O)n(C)c2n1. The highest BCUT2D eigenvalue weighted by Crippen LogP contribution is 2.42. The van der Waals surface area contributed by atoms with Crippen molar-refractivity contribution < 1.29 is 9.53 Å². The van der Waals surface area contributed by atoms with Crippen molar-refractivity contribution in [3.8, 4) is 16.9 Å². The lowest BCUT2D eigenvalue weighted by Gasteiger charge is -2.15. The number of anilines is 3. The Morgan fingerprint density at radius 1 is 1.17 bits per heavy atom. The first-order chi connectivity index (χ1) is 16.7. The van der Waals surface area contributed by atoms with E-state index in [0.29, 0.717) is 44.3 Å². The van der Waals surface area contributed by atoms with Gasteiger partial charge < -0.3 is 15.4 Å². The molecule has 2 aromatic carbocycles. The largest absolute Gasteiger partial charge is 0.495 e. The number of carbonyl (C=O) groups excluding carboxylic acids is 1. The standard InChI is InChI=1S/C25H21Cl2N5O3/c1-5-19(33)29-16-8-6-7-9-17(16)30-25-28-12-14-11-15(24(34)32(3)23(14)31-25)20-21(26)13(2)10-18(35-4)22(20)27/h5-12H,1H2,2-4H3,(H,29,33)(H,28,30,31). The van der Waals surface area contributed by atoms with Crippen LogP contribution in [0.1, 0.15) is 5.56 Å². The molecule has 0 saturated heterocycles. The number of nitrogens with zero attached hydrogens (tertiary/aromatic N) is 3. The van der Waals surface area contributed by atoms with Crippen LogP contribution in [0.5, 0.6) is 5.75 Å². The highest BCUT2D eigenvalue weighted by Gasteiger charge is 2.21. The van der Waals surface area contributed by atoms with Crippen molar-refractivity contribution >= 4 is 57.5 Å². The molecular formula is C25H21Cl2N5O3. The average Bonchev–Trinajstić information content (AvgIpc) is 2.85. The number of hydrogen-bond donors (Lipinski definition) is 2. The van der Waals surface area contributed by atoms with E-state index in [0.717, 1.165) is 5.56 Å². The van der Waals surface area contributed by atoms with Gasteiger partial charge in [-0.1, -0.05) is 41.9 Å². The fourth-order valence-corrected chi connectivity index (χ4v) is 4.24. The van der Waals surface area contributed by atoms with Gasteiger partial charge in [-0.3, -0.25) is 14.2 Å². The Hall–Kier alpha value is -3.88. The smallest absolute Gasteiger partial charge is 0.259 e. The molecule has 2 aromatic heterocycles. The Morgan fingerprint density at radius 2 is 1.89 bits per heavy atom. The maximum atomic E-state index is 13.3. The maximum absolute atomic E-state index is 13.3. The molecule has 0 aliphatic carbocycles. The van der Waals surface area contributed by atoms with E-state index in [-0.39, 0.29) is 22.4 Å². The summed E-state index contributed by atoms with van der Waals surface area (Å²) in [5.74, 6) is 0.316. The van der Waals surface area contributed by atoms with Gasteiger partial charge in [-0.15, -0.1) is 0 Å². The molecule has 0 aliphatic heterocycles. The molecule has 0 saturated carbocycles. The molecule has 1 amide bonds. The van der Waals surface area contributed by atoms with Crippen LogP contribution in [0.3, 0.4) is 0 Å². The number of aryl methyl sites for hydroxylation is 2. The van der Waals surface area contributed by atoms with E-state index in [1.165, 1.54) is 17.8 Å². The van der Waals surface area contributed by atoms with Crippen molar-refractivity contribution in [2.45, 2.75) is 6.92 Å². The van der Waals surface area contributed by atoms with Gasteiger partial charge in [-0.25, -0.2) is 4.98 Å². The number of pyridine rings is 1. The Morgan fingerprint density at radius 3 is 2.57 bits per heavy atom. The number of methoxy groups -OCH3 is 1. The molecule has 0 spiro atoms. The lowest BCUT2D eigenvalue weighted by molar-refractivity contribution is -0.111. The third-order valence-electron chi connectivity index (χ3n) is 5.40. The summed E-state index contributed by atoms with van der Waals surface area (Å²) in [6, 6.07) is 10.5. The van der Waals surface area contributed by atoms with Gasteiger partial charge in [0.15, 0.2) is 0 Å². The van der Waals surface area contributed by atoms with Crippen LogP contribution in [0, 0.1) is 6.92 Å². The van der Waals surface area contributed by atoms with Crippen molar-refractivity contribution in [2.24, 2.45) is 7.05 Å². The second-order valence-corrected chi connectivity index (χ2v) is 8.41. The van der Waals surface area contributed by atoms with Crippen molar-refractivity contribution in [1.29, 1.82) is 0 Å². The summed E-state index contributed by atoms with van der Waals surface area (Å²) in [6.45, 7) is 5.28. The first kappa shape index (κ1) is 24.3. The fraction of sp³-hybridized carbons (Fsp3) is 0.120. The number of carbonyl (C=O) groups is 1. The summed E-state index contributed by atoms with van der Waals surface area (Å²) in [5.41, 5.74) is 2.59. The van der Waals surface area contributed by atoms with Gasteiger partial charge >= 0.3 is 0 Å². The number of fused-ring (bicyclic) bond motifs is 1. The number of halogens is 2. The van der Waals surface area contributed by atoms with Gasteiger partial charge in [0.2, 0.25) is 11.9 Å². The molecule has 0 radical (unpaired) electrons. The van der Waals surface area contributed by atoms with Crippen LogP contribution in [-0.2, 0) is 11.8 Å². The van der Waals surface area contributed by atoms with Crippen molar-refractivity contribution in [3.05, 3.63) is 81.2 Å². The third kappa shape index (κ3) is 4.58. The number of amides is 1. The summed E-state index contributed by atoms with van der Waals surface area (Å²) in [4.78, 5) is 34.0. The molecule has 0 aliphatic rings. The summed E-state index contributed by atoms with van der Waals surface area (Å²) < 4.78 is 6.76. The summed E-state index contributed by atoms with van der Waals surface area (Å²) in [7, 11) is 3.11. The van der Waals surface area contributed by atoms with Crippen LogP contribution in [0.15, 0.2) is 60.0 Å². The van der Waals surface area contributed by atoms with Crippen molar-refractivity contribution in [1.82, 2.24) is 14.5 Å². The number of aromatic nitrogens is 3. The van der Waals surface area contributed by atoms with Gasteiger partial charge in [0.1, 0.15) is 11.4 Å². The number of benzene rings is 2. The first-order valence-corrected chi connectivity index (χ1v) is 11.2. The number of ether oxygens (including phenoxy) is 1. The van der Waals surface area contributed by atoms with E-state index in [4.69, 9.17) is 27.9 Å². The molecule has 8 nitrogen and oxygen atoms in total. The molecule has 10 heteroatoms.